The number of fused-ring (bicyclic) bond motifs is 2. The van der Waals surface area contributed by atoms with Crippen molar-refractivity contribution >= 4 is 9.04 Å². The van der Waals surface area contributed by atoms with E-state index in [-0.39, 0.29) is 17.3 Å². The fraction of sp³-hybridized carbons (Fsp3) is 0.923. The molecule has 1 spiro atoms. The summed E-state index contributed by atoms with van der Waals surface area (Å²) in [6.45, 7) is 14.8. The molecular formula is C26H45O4Si. The topological polar surface area (TPSA) is 47.9 Å². The highest BCUT2D eigenvalue weighted by Crippen LogP contribution is 2.59. The van der Waals surface area contributed by atoms with Crippen molar-refractivity contribution in [2.24, 2.45) is 23.2 Å². The molecule has 5 heteroatoms. The minimum atomic E-state index is -0.915. The second-order valence-corrected chi connectivity index (χ2v) is 13.2. The summed E-state index contributed by atoms with van der Waals surface area (Å²) in [5.41, 5.74) is -0.526. The zero-order valence-corrected chi connectivity index (χ0v) is 21.8. The van der Waals surface area contributed by atoms with Crippen LogP contribution >= 0.6 is 0 Å². The minimum Gasteiger partial charge on any atom is -0.401 e. The van der Waals surface area contributed by atoms with Crippen LogP contribution in [0.1, 0.15) is 85.5 Å². The maximum Gasteiger partial charge on any atom is 0.207 e. The number of aliphatic hydroxyl groups excluding tert-OH is 1. The number of ether oxygens (including phenoxy) is 2. The molecule has 4 nitrogen and oxygen atoms in total. The van der Waals surface area contributed by atoms with E-state index in [2.05, 4.69) is 52.6 Å². The fourth-order valence-electron chi connectivity index (χ4n) is 5.77. The first-order chi connectivity index (χ1) is 14.6. The summed E-state index contributed by atoms with van der Waals surface area (Å²) in [7, 11) is -0.915. The van der Waals surface area contributed by atoms with E-state index in [0.29, 0.717) is 19.1 Å². The first-order valence-corrected chi connectivity index (χ1v) is 15.0. The molecule has 3 aliphatic rings. The Labute approximate surface area is 192 Å². The molecule has 0 bridgehead atoms. The van der Waals surface area contributed by atoms with Crippen LogP contribution in [0.4, 0.5) is 0 Å². The van der Waals surface area contributed by atoms with Gasteiger partial charge in [0.1, 0.15) is 5.60 Å². The van der Waals surface area contributed by atoms with E-state index in [1.807, 2.05) is 0 Å². The van der Waals surface area contributed by atoms with Gasteiger partial charge < -0.3 is 19.0 Å². The van der Waals surface area contributed by atoms with Crippen molar-refractivity contribution in [1.29, 1.82) is 0 Å². The Morgan fingerprint density at radius 3 is 2.32 bits per heavy atom. The van der Waals surface area contributed by atoms with Crippen molar-refractivity contribution in [3.05, 3.63) is 0 Å². The average molecular weight is 450 g/mol. The molecule has 0 amide bonds. The van der Waals surface area contributed by atoms with Gasteiger partial charge in [0.2, 0.25) is 9.04 Å². The molecule has 3 rings (SSSR count). The Bertz CT molecular complexity index is 640. The van der Waals surface area contributed by atoms with Crippen molar-refractivity contribution < 1.29 is 19.0 Å². The third-order valence-electron chi connectivity index (χ3n) is 7.66. The second-order valence-electron chi connectivity index (χ2n) is 11.2. The van der Waals surface area contributed by atoms with Gasteiger partial charge in [-0.2, -0.15) is 0 Å². The molecule has 2 saturated carbocycles. The second kappa shape index (κ2) is 10.3. The Kier molecular flexibility index (Phi) is 8.36. The fourth-order valence-corrected chi connectivity index (χ4v) is 6.93. The molecule has 0 aromatic carbocycles. The van der Waals surface area contributed by atoms with Crippen molar-refractivity contribution in [2.45, 2.75) is 116 Å². The van der Waals surface area contributed by atoms with E-state index in [0.717, 1.165) is 25.7 Å². The number of aliphatic hydroxyl groups is 1. The van der Waals surface area contributed by atoms with Gasteiger partial charge in [-0.05, 0) is 38.3 Å². The van der Waals surface area contributed by atoms with Gasteiger partial charge >= 0.3 is 0 Å². The minimum absolute atomic E-state index is 0.00249. The van der Waals surface area contributed by atoms with Crippen LogP contribution in [0.2, 0.25) is 13.1 Å². The number of unbranched alkanes of at least 4 members (excludes halogenated alkanes) is 5. The summed E-state index contributed by atoms with van der Waals surface area (Å²) >= 11 is 0. The molecule has 1 saturated heterocycles. The van der Waals surface area contributed by atoms with Crippen LogP contribution in [-0.2, 0) is 13.9 Å². The summed E-state index contributed by atoms with van der Waals surface area (Å²) in [5.74, 6) is 7.45. The molecule has 1 radical (unpaired) electrons. The Balaban J connectivity index is 1.73. The Hall–Kier alpha value is -0.383. The maximum absolute atomic E-state index is 10.8. The third-order valence-corrected chi connectivity index (χ3v) is 8.42. The monoisotopic (exact) mass is 449 g/mol. The van der Waals surface area contributed by atoms with Crippen LogP contribution in [0, 0.1) is 35.0 Å². The van der Waals surface area contributed by atoms with Gasteiger partial charge in [-0.15, -0.1) is 0 Å². The highest BCUT2D eigenvalue weighted by molar-refractivity contribution is 6.48. The van der Waals surface area contributed by atoms with Gasteiger partial charge in [0.05, 0.1) is 19.3 Å². The summed E-state index contributed by atoms with van der Waals surface area (Å²) in [4.78, 5) is 0. The highest BCUT2D eigenvalue weighted by Gasteiger charge is 2.64. The molecule has 177 valence electrons. The van der Waals surface area contributed by atoms with Gasteiger partial charge in [0.15, 0.2) is 5.79 Å². The summed E-state index contributed by atoms with van der Waals surface area (Å²) in [5, 5.41) is 10.8. The van der Waals surface area contributed by atoms with E-state index in [4.69, 9.17) is 13.9 Å². The van der Waals surface area contributed by atoms with E-state index in [1.54, 1.807) is 0 Å². The van der Waals surface area contributed by atoms with Crippen molar-refractivity contribution in [1.82, 2.24) is 0 Å². The van der Waals surface area contributed by atoms with Crippen LogP contribution in [0.25, 0.3) is 0 Å². The SMILES string of the molecule is CCCCCCCCC(C#CC1C(O)CC2C1CC21OCCO1)(O[Si](C)C)C(C)(C)C. The highest BCUT2D eigenvalue weighted by atomic mass is 28.3. The van der Waals surface area contributed by atoms with Crippen molar-refractivity contribution in [3.63, 3.8) is 0 Å². The van der Waals surface area contributed by atoms with E-state index in [1.165, 1.54) is 32.1 Å². The van der Waals surface area contributed by atoms with E-state index >= 15 is 0 Å². The maximum atomic E-state index is 10.8. The first-order valence-electron chi connectivity index (χ1n) is 12.6. The standard InChI is InChI=1S/C26H45O4Si/c1-7-8-9-10-11-12-14-25(24(2,3)4,30-31(5)6)15-13-20-21-19-26(28-16-17-29-26)22(21)18-23(20)27/h20-23,27H,7-12,14,16-19H2,1-6H3. The van der Waals surface area contributed by atoms with E-state index in [9.17, 15) is 5.11 Å². The Morgan fingerprint density at radius 2 is 1.71 bits per heavy atom. The number of hydrogen-bond acceptors (Lipinski definition) is 4. The predicted octanol–water partition coefficient (Wildman–Crippen LogP) is 5.55. The van der Waals surface area contributed by atoms with Crippen molar-refractivity contribution in [2.75, 3.05) is 13.2 Å². The number of hydrogen-bond donors (Lipinski definition) is 1. The molecule has 1 heterocycles. The van der Waals surface area contributed by atoms with Crippen molar-refractivity contribution in [3.8, 4) is 11.8 Å². The normalized spacial score (nSPS) is 31.2. The Morgan fingerprint density at radius 1 is 1.06 bits per heavy atom. The quantitative estimate of drug-likeness (QED) is 0.285. The summed E-state index contributed by atoms with van der Waals surface area (Å²) in [6.07, 6.45) is 9.80. The van der Waals surface area contributed by atoms with Crippen LogP contribution in [0.5, 0.6) is 0 Å². The summed E-state index contributed by atoms with van der Waals surface area (Å²) in [6, 6.07) is 0. The molecular weight excluding hydrogens is 404 g/mol. The lowest BCUT2D eigenvalue weighted by atomic mass is 9.67. The molecule has 0 aromatic rings. The van der Waals surface area contributed by atoms with Gasteiger partial charge in [0, 0.05) is 23.7 Å². The van der Waals surface area contributed by atoms with Gasteiger partial charge in [-0.1, -0.05) is 71.6 Å². The molecule has 0 aromatic heterocycles. The van der Waals surface area contributed by atoms with E-state index < -0.39 is 26.5 Å². The van der Waals surface area contributed by atoms with Gasteiger partial charge in [-0.25, -0.2) is 0 Å². The first kappa shape index (κ1) is 25.2. The van der Waals surface area contributed by atoms with Crippen LogP contribution < -0.4 is 0 Å². The van der Waals surface area contributed by atoms with Crippen LogP contribution in [0.15, 0.2) is 0 Å². The molecule has 5 atom stereocenters. The third kappa shape index (κ3) is 5.41. The number of rotatable bonds is 9. The molecule has 31 heavy (non-hydrogen) atoms. The molecule has 1 aliphatic heterocycles. The average Bonchev–Trinajstić information content (AvgIpc) is 3.26. The van der Waals surface area contributed by atoms with Crippen LogP contribution in [0.3, 0.4) is 0 Å². The van der Waals surface area contributed by atoms with Gasteiger partial charge in [0.25, 0.3) is 0 Å². The smallest absolute Gasteiger partial charge is 0.207 e. The molecule has 1 N–H and O–H groups in total. The largest absolute Gasteiger partial charge is 0.401 e. The zero-order chi connectivity index (χ0) is 22.7. The van der Waals surface area contributed by atoms with Gasteiger partial charge in [-0.3, -0.25) is 0 Å². The predicted molar refractivity (Wildman–Crippen MR) is 127 cm³/mol. The molecule has 3 fully saturated rings. The lowest BCUT2D eigenvalue weighted by Gasteiger charge is -2.48. The molecule has 2 aliphatic carbocycles. The van der Waals surface area contributed by atoms with Crippen LogP contribution in [-0.4, -0.2) is 44.9 Å². The lowest BCUT2D eigenvalue weighted by Crippen LogP contribution is -2.54. The summed E-state index contributed by atoms with van der Waals surface area (Å²) < 4.78 is 18.6. The zero-order valence-electron chi connectivity index (χ0n) is 20.8. The lowest BCUT2D eigenvalue weighted by molar-refractivity contribution is -0.270. The molecule has 5 unspecified atom stereocenters.